The van der Waals surface area contributed by atoms with E-state index in [9.17, 15) is 0 Å². The summed E-state index contributed by atoms with van der Waals surface area (Å²) in [5.74, 6) is 0.588. The summed E-state index contributed by atoms with van der Waals surface area (Å²) in [6.07, 6.45) is 6.62. The fraction of sp³-hybridized carbons (Fsp3) is 0.0556. The summed E-state index contributed by atoms with van der Waals surface area (Å²) in [6, 6.07) is 12.1. The number of nitrogens with zero attached hydrogens (tertiary/aromatic N) is 5. The molecule has 0 amide bonds. The van der Waals surface area contributed by atoms with Crippen LogP contribution in [0.15, 0.2) is 66.3 Å². The molecule has 0 fully saturated rings. The van der Waals surface area contributed by atoms with Crippen LogP contribution >= 0.6 is 0 Å². The molecule has 3 heterocycles. The Kier molecular flexibility index (Phi) is 3.55. The molecule has 0 unspecified atom stereocenters. The van der Waals surface area contributed by atoms with Crippen LogP contribution in [0.5, 0.6) is 0 Å². The first kappa shape index (κ1) is 14.2. The number of hydrogen-bond donors (Lipinski definition) is 1. The summed E-state index contributed by atoms with van der Waals surface area (Å²) in [5.41, 5.74) is 6.21. The number of rotatable bonds is 3. The van der Waals surface area contributed by atoms with Crippen molar-refractivity contribution in [3.05, 3.63) is 66.9 Å². The maximum atomic E-state index is 4.75. The minimum atomic E-state index is 0.588. The van der Waals surface area contributed by atoms with E-state index >= 15 is 0 Å². The fourth-order valence-electron chi connectivity index (χ4n) is 2.48. The molecule has 6 heteroatoms. The zero-order valence-electron chi connectivity index (χ0n) is 13.0. The van der Waals surface area contributed by atoms with Crippen molar-refractivity contribution < 1.29 is 0 Å². The summed E-state index contributed by atoms with van der Waals surface area (Å²) < 4.78 is 0. The Morgan fingerprint density at radius 3 is 2.58 bits per heavy atom. The summed E-state index contributed by atoms with van der Waals surface area (Å²) in [6.45, 7) is 1.90. The van der Waals surface area contributed by atoms with Crippen molar-refractivity contribution in [3.8, 4) is 0 Å². The molecule has 6 nitrogen and oxygen atoms in total. The molecule has 0 bridgehead atoms. The van der Waals surface area contributed by atoms with Crippen molar-refractivity contribution >= 4 is 33.3 Å². The highest BCUT2D eigenvalue weighted by Gasteiger charge is 2.06. The lowest BCUT2D eigenvalue weighted by Crippen LogP contribution is -2.03. The highest BCUT2D eigenvalue weighted by Crippen LogP contribution is 2.22. The smallest absolute Gasteiger partial charge is 0.164 e. The maximum absolute atomic E-state index is 4.75. The second kappa shape index (κ2) is 6.00. The Labute approximate surface area is 138 Å². The van der Waals surface area contributed by atoms with Gasteiger partial charge in [-0.1, -0.05) is 24.3 Å². The van der Waals surface area contributed by atoms with Gasteiger partial charge in [0, 0.05) is 29.4 Å². The minimum Gasteiger partial charge on any atom is -0.260 e. The molecule has 0 atom stereocenters. The molecule has 0 aliphatic carbocycles. The van der Waals surface area contributed by atoms with Crippen LogP contribution in [-0.2, 0) is 0 Å². The van der Waals surface area contributed by atoms with Crippen LogP contribution in [0.25, 0.3) is 21.8 Å². The molecule has 0 saturated heterocycles. The van der Waals surface area contributed by atoms with Gasteiger partial charge in [0.1, 0.15) is 0 Å². The van der Waals surface area contributed by atoms with Gasteiger partial charge in [0.15, 0.2) is 5.82 Å². The van der Waals surface area contributed by atoms with Gasteiger partial charge in [-0.25, -0.2) is 9.97 Å². The highest BCUT2D eigenvalue weighted by atomic mass is 15.3. The lowest BCUT2D eigenvalue weighted by atomic mass is 10.1. The van der Waals surface area contributed by atoms with Gasteiger partial charge >= 0.3 is 0 Å². The number of pyridine rings is 2. The molecule has 1 N–H and O–H groups in total. The first-order chi connectivity index (χ1) is 11.8. The number of hydrogen-bond acceptors (Lipinski definition) is 6. The Balaban J connectivity index is 1.75. The Bertz CT molecular complexity index is 1040. The second-order valence-corrected chi connectivity index (χ2v) is 5.31. The molecular weight excluding hydrogens is 300 g/mol. The maximum Gasteiger partial charge on any atom is 0.164 e. The largest absolute Gasteiger partial charge is 0.260 e. The van der Waals surface area contributed by atoms with Crippen LogP contribution < -0.4 is 5.43 Å². The summed E-state index contributed by atoms with van der Waals surface area (Å²) in [5, 5.41) is 6.46. The van der Waals surface area contributed by atoms with E-state index in [4.69, 9.17) is 4.98 Å². The zero-order chi connectivity index (χ0) is 16.4. The molecule has 0 spiro atoms. The molecule has 0 aliphatic heterocycles. The van der Waals surface area contributed by atoms with Gasteiger partial charge in [-0.2, -0.15) is 5.10 Å². The van der Waals surface area contributed by atoms with Gasteiger partial charge in [0.2, 0.25) is 0 Å². The quantitative estimate of drug-likeness (QED) is 0.356. The van der Waals surface area contributed by atoms with Crippen molar-refractivity contribution in [2.75, 3.05) is 5.43 Å². The summed E-state index contributed by atoms with van der Waals surface area (Å²) in [4.78, 5) is 17.3. The molecular formula is C18H14N6. The molecule has 1 aromatic carbocycles. The van der Waals surface area contributed by atoms with E-state index < -0.39 is 0 Å². The number of aromatic nitrogens is 4. The van der Waals surface area contributed by atoms with Crippen molar-refractivity contribution in [1.82, 2.24) is 19.9 Å². The molecule has 24 heavy (non-hydrogen) atoms. The highest BCUT2D eigenvalue weighted by molar-refractivity contribution is 6.05. The Hall–Kier alpha value is -3.41. The van der Waals surface area contributed by atoms with Gasteiger partial charge in [0.25, 0.3) is 0 Å². The average molecular weight is 314 g/mol. The number of benzene rings is 1. The van der Waals surface area contributed by atoms with Gasteiger partial charge < -0.3 is 0 Å². The predicted molar refractivity (Wildman–Crippen MR) is 94.9 cm³/mol. The van der Waals surface area contributed by atoms with Gasteiger partial charge in [0.05, 0.1) is 28.6 Å². The molecule has 4 rings (SSSR count). The normalized spacial score (nSPS) is 11.8. The zero-order valence-corrected chi connectivity index (χ0v) is 13.0. The van der Waals surface area contributed by atoms with E-state index in [1.165, 1.54) is 0 Å². The van der Waals surface area contributed by atoms with Crippen LogP contribution in [-0.4, -0.2) is 25.6 Å². The lowest BCUT2D eigenvalue weighted by molar-refractivity contribution is 1.15. The van der Waals surface area contributed by atoms with E-state index in [1.807, 2.05) is 31.2 Å². The van der Waals surface area contributed by atoms with E-state index in [-0.39, 0.29) is 0 Å². The molecule has 3 aromatic heterocycles. The van der Waals surface area contributed by atoms with Gasteiger partial charge in [-0.05, 0) is 19.1 Å². The van der Waals surface area contributed by atoms with Crippen LogP contribution in [0.2, 0.25) is 0 Å². The average Bonchev–Trinajstić information content (AvgIpc) is 2.66. The van der Waals surface area contributed by atoms with Crippen LogP contribution in [0, 0.1) is 0 Å². The van der Waals surface area contributed by atoms with Crippen molar-refractivity contribution in [2.24, 2.45) is 5.10 Å². The minimum absolute atomic E-state index is 0.588. The van der Waals surface area contributed by atoms with E-state index in [0.29, 0.717) is 5.82 Å². The molecule has 4 aromatic rings. The number of hydrazone groups is 1. The third-order valence-corrected chi connectivity index (χ3v) is 3.70. The number of anilines is 1. The van der Waals surface area contributed by atoms with Crippen LogP contribution in [0.1, 0.15) is 12.6 Å². The Morgan fingerprint density at radius 2 is 1.75 bits per heavy atom. The number of nitrogens with one attached hydrogen (secondary N) is 1. The monoisotopic (exact) mass is 314 g/mol. The SMILES string of the molecule is C/C(=N\Nc1cnccn1)c1ccc2ccc3cccnc3c2n1. The van der Waals surface area contributed by atoms with Crippen molar-refractivity contribution in [2.45, 2.75) is 6.92 Å². The topological polar surface area (TPSA) is 76.0 Å². The van der Waals surface area contributed by atoms with E-state index in [1.54, 1.807) is 24.8 Å². The molecule has 0 aliphatic rings. The van der Waals surface area contributed by atoms with Crippen molar-refractivity contribution in [1.29, 1.82) is 0 Å². The molecule has 0 saturated carbocycles. The third-order valence-electron chi connectivity index (χ3n) is 3.70. The summed E-state index contributed by atoms with van der Waals surface area (Å²) >= 11 is 0. The van der Waals surface area contributed by atoms with Crippen molar-refractivity contribution in [3.63, 3.8) is 0 Å². The van der Waals surface area contributed by atoms with Gasteiger partial charge in [-0.15, -0.1) is 0 Å². The first-order valence-electron chi connectivity index (χ1n) is 7.52. The molecule has 0 radical (unpaired) electrons. The summed E-state index contributed by atoms with van der Waals surface area (Å²) in [7, 11) is 0. The Morgan fingerprint density at radius 1 is 0.917 bits per heavy atom. The van der Waals surface area contributed by atoms with E-state index in [2.05, 4.69) is 37.6 Å². The van der Waals surface area contributed by atoms with Gasteiger partial charge in [-0.3, -0.25) is 15.4 Å². The standard InChI is InChI=1S/C18H14N6/c1-12(23-24-16-11-19-9-10-20-16)15-7-6-14-5-4-13-3-2-8-21-17(13)18(14)22-15/h2-11H,1H3,(H,20,24)/b23-12+. The van der Waals surface area contributed by atoms with E-state index in [0.717, 1.165) is 33.2 Å². The predicted octanol–water partition coefficient (Wildman–Crippen LogP) is 3.41. The second-order valence-electron chi connectivity index (χ2n) is 5.31. The van der Waals surface area contributed by atoms with Crippen LogP contribution in [0.3, 0.4) is 0 Å². The first-order valence-corrected chi connectivity index (χ1v) is 7.52. The fourth-order valence-corrected chi connectivity index (χ4v) is 2.48. The third kappa shape index (κ3) is 2.65. The molecule has 116 valence electrons. The number of fused-ring (bicyclic) bond motifs is 3. The van der Waals surface area contributed by atoms with Crippen LogP contribution in [0.4, 0.5) is 5.82 Å². The lowest BCUT2D eigenvalue weighted by Gasteiger charge is -2.06.